The summed E-state index contributed by atoms with van der Waals surface area (Å²) in [5.41, 5.74) is 1.02. The van der Waals surface area contributed by atoms with Gasteiger partial charge < -0.3 is 10.1 Å². The lowest BCUT2D eigenvalue weighted by Crippen LogP contribution is -2.12. The minimum Gasteiger partial charge on any atom is -0.457 e. The molecule has 0 bridgehead atoms. The lowest BCUT2D eigenvalue weighted by molar-refractivity contribution is 0.471. The Bertz CT molecular complexity index is 606. The average molecular weight is 359 g/mol. The van der Waals surface area contributed by atoms with Crippen LogP contribution >= 0.6 is 27.5 Å². The summed E-state index contributed by atoms with van der Waals surface area (Å²) in [6.45, 7) is 3.62. The summed E-state index contributed by atoms with van der Waals surface area (Å²) >= 11 is 9.18. The van der Waals surface area contributed by atoms with Gasteiger partial charge in [-0.3, -0.25) is 0 Å². The zero-order chi connectivity index (χ0) is 14.5. The van der Waals surface area contributed by atoms with Crippen molar-refractivity contribution in [2.24, 2.45) is 0 Å². The molecule has 1 N–H and O–H groups in total. The molecule has 2 aromatic rings. The lowest BCUT2D eigenvalue weighted by Gasteiger charge is -2.12. The summed E-state index contributed by atoms with van der Waals surface area (Å²) in [4.78, 5) is 0. The Kier molecular flexibility index (Phi) is 5.40. The number of nitrogens with one attached hydrogen (secondary N) is 1. The van der Waals surface area contributed by atoms with Gasteiger partial charge in [0.2, 0.25) is 0 Å². The molecule has 0 heterocycles. The molecule has 2 aromatic carbocycles. The van der Waals surface area contributed by atoms with Crippen molar-refractivity contribution in [2.75, 3.05) is 6.54 Å². The second-order valence-corrected chi connectivity index (χ2v) is 5.53. The van der Waals surface area contributed by atoms with Crippen molar-refractivity contribution in [1.82, 2.24) is 5.32 Å². The highest BCUT2D eigenvalue weighted by Crippen LogP contribution is 2.30. The van der Waals surface area contributed by atoms with Crippen molar-refractivity contribution in [1.29, 1.82) is 0 Å². The number of benzene rings is 2. The van der Waals surface area contributed by atoms with E-state index in [0.29, 0.717) is 18.0 Å². The van der Waals surface area contributed by atoms with Crippen LogP contribution in [-0.4, -0.2) is 6.54 Å². The van der Waals surface area contributed by atoms with E-state index < -0.39 is 5.82 Å². The second kappa shape index (κ2) is 7.07. The van der Waals surface area contributed by atoms with Crippen LogP contribution in [0.2, 0.25) is 5.02 Å². The Morgan fingerprint density at radius 1 is 1.25 bits per heavy atom. The van der Waals surface area contributed by atoms with Gasteiger partial charge in [-0.25, -0.2) is 4.39 Å². The minimum absolute atomic E-state index is 0.0470. The van der Waals surface area contributed by atoms with E-state index in [1.165, 1.54) is 12.1 Å². The van der Waals surface area contributed by atoms with Gasteiger partial charge in [-0.2, -0.15) is 0 Å². The van der Waals surface area contributed by atoms with Crippen LogP contribution in [-0.2, 0) is 6.54 Å². The van der Waals surface area contributed by atoms with Crippen molar-refractivity contribution < 1.29 is 9.13 Å². The number of hydrogen-bond donors (Lipinski definition) is 1. The van der Waals surface area contributed by atoms with Crippen LogP contribution in [0, 0.1) is 5.82 Å². The second-order valence-electron chi connectivity index (χ2n) is 4.21. The monoisotopic (exact) mass is 357 g/mol. The largest absolute Gasteiger partial charge is 0.457 e. The molecule has 0 aliphatic rings. The maximum Gasteiger partial charge on any atom is 0.142 e. The normalized spacial score (nSPS) is 10.6. The van der Waals surface area contributed by atoms with Crippen molar-refractivity contribution in [2.45, 2.75) is 13.5 Å². The smallest absolute Gasteiger partial charge is 0.142 e. The van der Waals surface area contributed by atoms with Gasteiger partial charge in [-0.1, -0.05) is 40.5 Å². The first-order valence-electron chi connectivity index (χ1n) is 6.22. The van der Waals surface area contributed by atoms with Gasteiger partial charge in [0.1, 0.15) is 17.3 Å². The molecule has 0 amide bonds. The van der Waals surface area contributed by atoms with Crippen molar-refractivity contribution >= 4 is 27.5 Å². The quantitative estimate of drug-likeness (QED) is 0.798. The Hall–Kier alpha value is -1.10. The minimum atomic E-state index is -0.457. The van der Waals surface area contributed by atoms with Gasteiger partial charge in [0.15, 0.2) is 0 Å². The summed E-state index contributed by atoms with van der Waals surface area (Å²) in [5, 5.41) is 3.30. The molecule has 0 saturated carbocycles. The van der Waals surface area contributed by atoms with Crippen LogP contribution in [0.15, 0.2) is 40.9 Å². The Balaban J connectivity index is 2.26. The van der Waals surface area contributed by atoms with Crippen LogP contribution in [0.5, 0.6) is 11.5 Å². The molecule has 0 aliphatic heterocycles. The zero-order valence-corrected chi connectivity index (χ0v) is 13.3. The van der Waals surface area contributed by atoms with Crippen LogP contribution < -0.4 is 10.1 Å². The SMILES string of the molecule is CCNCc1ccc(Br)cc1Oc1ccc(F)c(Cl)c1. The fraction of sp³-hybridized carbons (Fsp3) is 0.200. The molecule has 0 radical (unpaired) electrons. The van der Waals surface area contributed by atoms with Crippen LogP contribution in [0.1, 0.15) is 12.5 Å². The van der Waals surface area contributed by atoms with E-state index in [0.717, 1.165) is 16.6 Å². The molecule has 2 rings (SSSR count). The van der Waals surface area contributed by atoms with Gasteiger partial charge in [0, 0.05) is 22.6 Å². The van der Waals surface area contributed by atoms with E-state index in [9.17, 15) is 4.39 Å². The molecule has 20 heavy (non-hydrogen) atoms. The molecule has 0 aliphatic carbocycles. The zero-order valence-electron chi connectivity index (χ0n) is 10.9. The molecule has 0 aromatic heterocycles. The van der Waals surface area contributed by atoms with Crippen LogP contribution in [0.4, 0.5) is 4.39 Å². The summed E-state index contributed by atoms with van der Waals surface area (Å²) < 4.78 is 19.9. The standard InChI is InChI=1S/C15H14BrClFNO/c1-2-19-9-10-3-4-11(16)7-15(10)20-12-5-6-14(18)13(17)8-12/h3-8,19H,2,9H2,1H3. The maximum absolute atomic E-state index is 13.1. The van der Waals surface area contributed by atoms with E-state index in [-0.39, 0.29) is 5.02 Å². The molecule has 0 unspecified atom stereocenters. The number of halogens is 3. The fourth-order valence-electron chi connectivity index (χ4n) is 1.70. The molecule has 0 fully saturated rings. The predicted octanol–water partition coefficient (Wildman–Crippen LogP) is 5.14. The Morgan fingerprint density at radius 3 is 2.75 bits per heavy atom. The van der Waals surface area contributed by atoms with E-state index in [1.807, 2.05) is 25.1 Å². The van der Waals surface area contributed by atoms with E-state index in [1.54, 1.807) is 6.07 Å². The molecular weight excluding hydrogens is 345 g/mol. The summed E-state index contributed by atoms with van der Waals surface area (Å²) in [5.74, 6) is 0.761. The third kappa shape index (κ3) is 3.95. The number of rotatable bonds is 5. The molecule has 5 heteroatoms. The first-order valence-corrected chi connectivity index (χ1v) is 7.39. The molecule has 106 valence electrons. The van der Waals surface area contributed by atoms with Crippen molar-refractivity contribution in [3.63, 3.8) is 0 Å². The number of ether oxygens (including phenoxy) is 1. The van der Waals surface area contributed by atoms with Gasteiger partial charge in [0.05, 0.1) is 5.02 Å². The first-order chi connectivity index (χ1) is 9.60. The average Bonchev–Trinajstić information content (AvgIpc) is 2.42. The van der Waals surface area contributed by atoms with Gasteiger partial charge in [-0.15, -0.1) is 0 Å². The van der Waals surface area contributed by atoms with Crippen LogP contribution in [0.25, 0.3) is 0 Å². The van der Waals surface area contributed by atoms with Gasteiger partial charge >= 0.3 is 0 Å². The van der Waals surface area contributed by atoms with Crippen molar-refractivity contribution in [3.05, 3.63) is 57.3 Å². The van der Waals surface area contributed by atoms with E-state index in [2.05, 4.69) is 21.2 Å². The molecule has 0 spiro atoms. The molecule has 0 saturated heterocycles. The molecule has 0 atom stereocenters. The summed E-state index contributed by atoms with van der Waals surface area (Å²) in [6, 6.07) is 10.1. The Morgan fingerprint density at radius 2 is 2.05 bits per heavy atom. The summed E-state index contributed by atoms with van der Waals surface area (Å²) in [6.07, 6.45) is 0. The highest BCUT2D eigenvalue weighted by atomic mass is 79.9. The van der Waals surface area contributed by atoms with Gasteiger partial charge in [0.25, 0.3) is 0 Å². The van der Waals surface area contributed by atoms with Gasteiger partial charge in [-0.05, 0) is 30.8 Å². The lowest BCUT2D eigenvalue weighted by atomic mass is 10.2. The highest BCUT2D eigenvalue weighted by molar-refractivity contribution is 9.10. The predicted molar refractivity (Wildman–Crippen MR) is 83.0 cm³/mol. The van der Waals surface area contributed by atoms with Crippen LogP contribution in [0.3, 0.4) is 0 Å². The number of hydrogen-bond acceptors (Lipinski definition) is 2. The third-order valence-electron chi connectivity index (χ3n) is 2.71. The van der Waals surface area contributed by atoms with E-state index >= 15 is 0 Å². The topological polar surface area (TPSA) is 21.3 Å². The fourth-order valence-corrected chi connectivity index (χ4v) is 2.21. The highest BCUT2D eigenvalue weighted by Gasteiger charge is 2.08. The van der Waals surface area contributed by atoms with E-state index in [4.69, 9.17) is 16.3 Å². The maximum atomic E-state index is 13.1. The Labute approximate surface area is 131 Å². The van der Waals surface area contributed by atoms with Crippen molar-refractivity contribution in [3.8, 4) is 11.5 Å². The molecule has 2 nitrogen and oxygen atoms in total. The first kappa shape index (κ1) is 15.3. The molecular formula is C15H14BrClFNO. The summed E-state index contributed by atoms with van der Waals surface area (Å²) in [7, 11) is 0. The third-order valence-corrected chi connectivity index (χ3v) is 3.50.